The minimum Gasteiger partial charge on any atom is -0.316 e. The lowest BCUT2D eigenvalue weighted by molar-refractivity contribution is 0.0134. The lowest BCUT2D eigenvalue weighted by Crippen LogP contribution is -2.54. The second kappa shape index (κ2) is 12.0. The number of nitrogens with zero attached hydrogens (tertiary/aromatic N) is 1. The summed E-state index contributed by atoms with van der Waals surface area (Å²) in [4.78, 5) is 0. The van der Waals surface area contributed by atoms with Crippen molar-refractivity contribution in [1.82, 2.24) is 4.57 Å². The van der Waals surface area contributed by atoms with E-state index >= 15 is 0 Å². The van der Waals surface area contributed by atoms with Crippen LogP contribution in [0.4, 0.5) is 0 Å². The summed E-state index contributed by atoms with van der Waals surface area (Å²) in [5.74, 6) is 17.1. The van der Waals surface area contributed by atoms with Gasteiger partial charge in [0.25, 0.3) is 0 Å². The van der Waals surface area contributed by atoms with E-state index in [9.17, 15) is 0 Å². The van der Waals surface area contributed by atoms with Crippen molar-refractivity contribution in [3.05, 3.63) is 42.6 Å². The molecular formula is C50H67NP2. The summed E-state index contributed by atoms with van der Waals surface area (Å²) >= 11 is 0. The SMILES string of the molecule is c1ccc(P(C2C3CC4CC(C3)CC2C4)C2C3CC4CC(C3)CC2C4)c(-n2cccc2P(C2C3CC4CC(C3)CC2C4)C2C3CC4CC(C3)CC2C4)c1. The zero-order valence-corrected chi connectivity index (χ0v) is 34.4. The number of hydrogen-bond acceptors (Lipinski definition) is 0. The summed E-state index contributed by atoms with van der Waals surface area (Å²) in [7, 11) is -0.348. The van der Waals surface area contributed by atoms with Crippen LogP contribution in [0.15, 0.2) is 42.6 Å². The van der Waals surface area contributed by atoms with Crippen LogP contribution >= 0.6 is 15.8 Å². The number of hydrogen-bond donors (Lipinski definition) is 0. The molecule has 2 aromatic rings. The van der Waals surface area contributed by atoms with E-state index < -0.39 is 0 Å². The summed E-state index contributed by atoms with van der Waals surface area (Å²) in [6, 6.07) is 15.8. The van der Waals surface area contributed by atoms with Gasteiger partial charge in [0.2, 0.25) is 0 Å². The van der Waals surface area contributed by atoms with Crippen LogP contribution in [0.2, 0.25) is 0 Å². The molecule has 16 fully saturated rings. The van der Waals surface area contributed by atoms with Crippen LogP contribution in [0.3, 0.4) is 0 Å². The number of benzene rings is 1. The first kappa shape index (κ1) is 32.3. The highest BCUT2D eigenvalue weighted by atomic mass is 31.1. The Morgan fingerprint density at radius 1 is 0.340 bits per heavy atom. The lowest BCUT2D eigenvalue weighted by Gasteiger charge is -2.62. The van der Waals surface area contributed by atoms with Crippen molar-refractivity contribution >= 4 is 26.6 Å². The molecule has 0 spiro atoms. The van der Waals surface area contributed by atoms with Crippen LogP contribution in [0.5, 0.6) is 0 Å². The Morgan fingerprint density at radius 2 is 0.660 bits per heavy atom. The van der Waals surface area contributed by atoms with Gasteiger partial charge in [0.15, 0.2) is 0 Å². The first-order valence-electron chi connectivity index (χ1n) is 24.0. The van der Waals surface area contributed by atoms with Gasteiger partial charge in [-0.05, 0) is 272 Å². The van der Waals surface area contributed by atoms with Crippen LogP contribution in [0, 0.1) is 94.7 Å². The van der Waals surface area contributed by atoms with Crippen molar-refractivity contribution in [3.8, 4) is 5.69 Å². The summed E-state index contributed by atoms with van der Waals surface area (Å²) < 4.78 is 3.00. The molecule has 282 valence electrons. The van der Waals surface area contributed by atoms with Gasteiger partial charge in [-0.25, -0.2) is 0 Å². The van der Waals surface area contributed by atoms with Crippen LogP contribution in [-0.2, 0) is 0 Å². The predicted molar refractivity (Wildman–Crippen MR) is 222 cm³/mol. The zero-order valence-electron chi connectivity index (χ0n) is 32.6. The Labute approximate surface area is 323 Å². The highest BCUT2D eigenvalue weighted by Gasteiger charge is 2.60. The summed E-state index contributed by atoms with van der Waals surface area (Å²) in [6.45, 7) is 0. The Balaban J connectivity index is 0.913. The van der Waals surface area contributed by atoms with Gasteiger partial charge >= 0.3 is 0 Å². The second-order valence-electron chi connectivity index (χ2n) is 23.2. The topological polar surface area (TPSA) is 4.93 Å². The Bertz CT molecular complexity index is 1560. The Morgan fingerprint density at radius 3 is 1.02 bits per heavy atom. The van der Waals surface area contributed by atoms with Gasteiger partial charge in [0.1, 0.15) is 0 Å². The molecule has 0 amide bonds. The summed E-state index contributed by atoms with van der Waals surface area (Å²) in [5, 5.41) is 1.92. The molecule has 0 aliphatic heterocycles. The maximum absolute atomic E-state index is 3.00. The maximum atomic E-state index is 3.00. The largest absolute Gasteiger partial charge is 0.316 e. The lowest BCUT2D eigenvalue weighted by atomic mass is 9.55. The van der Waals surface area contributed by atoms with E-state index in [2.05, 4.69) is 47.2 Å². The van der Waals surface area contributed by atoms with E-state index in [1.807, 2.05) is 10.7 Å². The van der Waals surface area contributed by atoms with Gasteiger partial charge in [-0.15, -0.1) is 0 Å². The highest BCUT2D eigenvalue weighted by molar-refractivity contribution is 7.67. The molecule has 16 aliphatic carbocycles. The van der Waals surface area contributed by atoms with E-state index in [0.29, 0.717) is 0 Å². The van der Waals surface area contributed by atoms with Gasteiger partial charge in [-0.3, -0.25) is 0 Å². The van der Waals surface area contributed by atoms with Gasteiger partial charge in [-0.1, -0.05) is 26.1 Å². The molecule has 16 aliphatic rings. The first-order valence-corrected chi connectivity index (χ1v) is 26.9. The van der Waals surface area contributed by atoms with Gasteiger partial charge < -0.3 is 4.57 Å². The van der Waals surface area contributed by atoms with Crippen molar-refractivity contribution in [2.24, 2.45) is 94.7 Å². The average molecular weight is 744 g/mol. The van der Waals surface area contributed by atoms with E-state index in [0.717, 1.165) is 117 Å². The molecule has 1 heterocycles. The van der Waals surface area contributed by atoms with Crippen molar-refractivity contribution < 1.29 is 0 Å². The third kappa shape index (κ3) is 4.87. The monoisotopic (exact) mass is 743 g/mol. The normalized spacial score (nSPS) is 54.3. The molecule has 16 bridgehead atoms. The molecule has 0 radical (unpaired) electrons. The molecule has 16 saturated carbocycles. The molecule has 53 heavy (non-hydrogen) atoms. The quantitative estimate of drug-likeness (QED) is 0.249. The van der Waals surface area contributed by atoms with Gasteiger partial charge in [0.05, 0.1) is 5.69 Å². The fourth-order valence-corrected chi connectivity index (χ4v) is 29.1. The Hall–Kier alpha value is -0.640. The van der Waals surface area contributed by atoms with Crippen LogP contribution < -0.4 is 10.7 Å². The molecule has 1 aromatic carbocycles. The average Bonchev–Trinajstić information content (AvgIpc) is 3.61. The van der Waals surface area contributed by atoms with Crippen molar-refractivity contribution in [2.75, 3.05) is 0 Å². The smallest absolute Gasteiger partial charge is 0.0532 e. The Kier molecular flexibility index (Phi) is 7.30. The molecule has 0 atom stereocenters. The van der Waals surface area contributed by atoms with Crippen LogP contribution in [-0.4, -0.2) is 27.2 Å². The van der Waals surface area contributed by atoms with E-state index in [1.165, 1.54) is 0 Å². The zero-order chi connectivity index (χ0) is 34.1. The van der Waals surface area contributed by atoms with Crippen molar-refractivity contribution in [1.29, 1.82) is 0 Å². The van der Waals surface area contributed by atoms with Gasteiger partial charge in [0, 0.05) is 16.9 Å². The summed E-state index contributed by atoms with van der Waals surface area (Å²) in [5.41, 5.74) is 7.69. The van der Waals surface area contributed by atoms with Crippen molar-refractivity contribution in [3.63, 3.8) is 0 Å². The van der Waals surface area contributed by atoms with E-state index in [1.54, 1.807) is 134 Å². The van der Waals surface area contributed by atoms with Crippen LogP contribution in [0.25, 0.3) is 5.69 Å². The molecule has 1 aromatic heterocycles. The molecule has 3 heteroatoms. The molecule has 18 rings (SSSR count). The standard InChI is InChI=1S/C50H67NP2/c1-2-5-45(52(47-36-12-28-8-29(14-36)15-37(47)13-28)48-38-16-30-9-31(18-38)19-39(48)17-30)44(4-1)51-7-3-6-46(51)53(49-40-20-32-10-33(22-40)23-41(49)21-32)50-42-24-34-11-35(26-42)27-43(50)25-34/h1-7,28-43,47-50H,8-27H2. The van der Waals surface area contributed by atoms with E-state index in [4.69, 9.17) is 0 Å². The maximum Gasteiger partial charge on any atom is 0.0532 e. The minimum atomic E-state index is -0.175. The molecule has 0 saturated heterocycles. The van der Waals surface area contributed by atoms with Gasteiger partial charge in [-0.2, -0.15) is 0 Å². The first-order chi connectivity index (χ1) is 26.1. The fourth-order valence-electron chi connectivity index (χ4n) is 20.1. The molecule has 0 N–H and O–H groups in total. The number of aromatic nitrogens is 1. The number of para-hydroxylation sites is 1. The second-order valence-corrected chi connectivity index (χ2v) is 28.2. The predicted octanol–water partition coefficient (Wildman–Crippen LogP) is 12.0. The van der Waals surface area contributed by atoms with E-state index in [-0.39, 0.29) is 15.8 Å². The third-order valence-corrected chi connectivity index (χ3v) is 28.2. The summed E-state index contributed by atoms with van der Waals surface area (Å²) in [6.07, 6.45) is 34.7. The minimum absolute atomic E-state index is 0.173. The third-order valence-electron chi connectivity index (χ3n) is 20.4. The van der Waals surface area contributed by atoms with Crippen LogP contribution in [0.1, 0.15) is 128 Å². The molecule has 0 unspecified atom stereocenters. The molecular weight excluding hydrogens is 677 g/mol. The highest BCUT2D eigenvalue weighted by Crippen LogP contribution is 2.73. The molecule has 1 nitrogen and oxygen atoms in total. The number of rotatable bonds is 7. The van der Waals surface area contributed by atoms with Crippen molar-refractivity contribution in [2.45, 2.75) is 151 Å². The fraction of sp³-hybridized carbons (Fsp3) is 0.800.